The molecule has 6 heteroatoms. The molecular formula is C20H23ClFN3O. The third-order valence-electron chi connectivity index (χ3n) is 4.47. The first-order valence-corrected chi connectivity index (χ1v) is 9.33. The van der Waals surface area contributed by atoms with E-state index in [1.54, 1.807) is 6.07 Å². The average molecular weight is 376 g/mol. The van der Waals surface area contributed by atoms with Crippen molar-refractivity contribution in [2.45, 2.75) is 25.7 Å². The standard InChI is InChI=1S/C20H23ClFN3O/c21-18-14-16(6-9-19(18)22)23-11-10-20(26)24-15-4-7-17(8-5-15)25-12-2-1-3-13-25/h4-9,14,23H,1-3,10-13H2,(H,24,26). The van der Waals surface area contributed by atoms with Crippen LogP contribution in [0.2, 0.25) is 5.02 Å². The zero-order chi connectivity index (χ0) is 18.4. The molecule has 4 nitrogen and oxygen atoms in total. The van der Waals surface area contributed by atoms with Crippen LogP contribution in [0.5, 0.6) is 0 Å². The number of carbonyl (C=O) groups excluding carboxylic acids is 1. The third-order valence-corrected chi connectivity index (χ3v) is 4.76. The highest BCUT2D eigenvalue weighted by Crippen LogP contribution is 2.22. The Hall–Kier alpha value is -2.27. The monoisotopic (exact) mass is 375 g/mol. The van der Waals surface area contributed by atoms with Gasteiger partial charge in [0.25, 0.3) is 0 Å². The first-order valence-electron chi connectivity index (χ1n) is 8.95. The van der Waals surface area contributed by atoms with Gasteiger partial charge < -0.3 is 15.5 Å². The summed E-state index contributed by atoms with van der Waals surface area (Å²) in [5, 5.41) is 6.02. The lowest BCUT2D eigenvalue weighted by molar-refractivity contribution is -0.115. The van der Waals surface area contributed by atoms with Crippen LogP contribution < -0.4 is 15.5 Å². The number of nitrogens with one attached hydrogen (secondary N) is 2. The molecular weight excluding hydrogens is 353 g/mol. The number of nitrogens with zero attached hydrogens (tertiary/aromatic N) is 1. The van der Waals surface area contributed by atoms with Gasteiger partial charge in [0.2, 0.25) is 5.91 Å². The van der Waals surface area contributed by atoms with Gasteiger partial charge in [0.15, 0.2) is 0 Å². The van der Waals surface area contributed by atoms with Crippen LogP contribution in [-0.4, -0.2) is 25.5 Å². The topological polar surface area (TPSA) is 44.4 Å². The highest BCUT2D eigenvalue weighted by atomic mass is 35.5. The highest BCUT2D eigenvalue weighted by Gasteiger charge is 2.11. The van der Waals surface area contributed by atoms with E-state index in [0.717, 1.165) is 18.8 Å². The molecule has 1 amide bonds. The minimum absolute atomic E-state index is 0.0632. The lowest BCUT2D eigenvalue weighted by Crippen LogP contribution is -2.29. The number of hydrogen-bond acceptors (Lipinski definition) is 3. The molecule has 1 heterocycles. The normalized spacial score (nSPS) is 14.2. The predicted octanol–water partition coefficient (Wildman–Crippen LogP) is 4.91. The van der Waals surface area contributed by atoms with E-state index >= 15 is 0 Å². The first-order chi connectivity index (χ1) is 12.6. The van der Waals surface area contributed by atoms with Crippen LogP contribution in [0.3, 0.4) is 0 Å². The van der Waals surface area contributed by atoms with E-state index in [9.17, 15) is 9.18 Å². The van der Waals surface area contributed by atoms with Crippen molar-refractivity contribution in [1.82, 2.24) is 0 Å². The first kappa shape index (κ1) is 18.5. The Balaban J connectivity index is 1.44. The summed E-state index contributed by atoms with van der Waals surface area (Å²) >= 11 is 5.73. The van der Waals surface area contributed by atoms with E-state index in [1.165, 1.54) is 37.1 Å². The molecule has 1 aliphatic heterocycles. The van der Waals surface area contributed by atoms with Crippen LogP contribution in [0.25, 0.3) is 0 Å². The van der Waals surface area contributed by atoms with E-state index in [2.05, 4.69) is 27.7 Å². The Morgan fingerprint density at radius 1 is 1.04 bits per heavy atom. The number of amides is 1. The molecule has 0 aliphatic carbocycles. The molecule has 0 unspecified atom stereocenters. The summed E-state index contributed by atoms with van der Waals surface area (Å²) in [5.74, 6) is -0.528. The van der Waals surface area contributed by atoms with Crippen molar-refractivity contribution in [2.24, 2.45) is 0 Å². The lowest BCUT2D eigenvalue weighted by Gasteiger charge is -2.28. The second kappa shape index (κ2) is 8.90. The second-order valence-electron chi connectivity index (χ2n) is 6.45. The number of anilines is 3. The molecule has 0 spiro atoms. The molecule has 0 atom stereocenters. The van der Waals surface area contributed by atoms with Crippen molar-refractivity contribution in [1.29, 1.82) is 0 Å². The van der Waals surface area contributed by atoms with E-state index in [0.29, 0.717) is 18.7 Å². The average Bonchev–Trinajstić information content (AvgIpc) is 2.66. The molecule has 0 aromatic heterocycles. The Morgan fingerprint density at radius 3 is 2.42 bits per heavy atom. The van der Waals surface area contributed by atoms with Crippen LogP contribution in [0.1, 0.15) is 25.7 Å². The summed E-state index contributed by atoms with van der Waals surface area (Å²) in [5.41, 5.74) is 2.69. The summed E-state index contributed by atoms with van der Waals surface area (Å²) in [6.45, 7) is 2.65. The summed E-state index contributed by atoms with van der Waals surface area (Å²) in [6.07, 6.45) is 4.10. The quantitative estimate of drug-likeness (QED) is 0.754. The minimum Gasteiger partial charge on any atom is -0.384 e. The fraction of sp³-hybridized carbons (Fsp3) is 0.350. The fourth-order valence-corrected chi connectivity index (χ4v) is 3.24. The molecule has 26 heavy (non-hydrogen) atoms. The smallest absolute Gasteiger partial charge is 0.226 e. The van der Waals surface area contributed by atoms with E-state index < -0.39 is 5.82 Å². The van der Waals surface area contributed by atoms with Gasteiger partial charge in [-0.2, -0.15) is 0 Å². The minimum atomic E-state index is -0.456. The van der Waals surface area contributed by atoms with Crippen molar-refractivity contribution in [2.75, 3.05) is 35.2 Å². The Bertz CT molecular complexity index is 745. The molecule has 1 saturated heterocycles. The Kier molecular flexibility index (Phi) is 6.34. The lowest BCUT2D eigenvalue weighted by atomic mass is 10.1. The van der Waals surface area contributed by atoms with E-state index in [1.807, 2.05) is 12.1 Å². The molecule has 138 valence electrons. The number of carbonyl (C=O) groups is 1. The second-order valence-corrected chi connectivity index (χ2v) is 6.86. The molecule has 2 aromatic rings. The largest absolute Gasteiger partial charge is 0.384 e. The van der Waals surface area contributed by atoms with Crippen LogP contribution >= 0.6 is 11.6 Å². The summed E-state index contributed by atoms with van der Waals surface area (Å²) < 4.78 is 13.1. The van der Waals surface area contributed by atoms with Gasteiger partial charge in [0.05, 0.1) is 5.02 Å². The summed E-state index contributed by atoms with van der Waals surface area (Å²) in [4.78, 5) is 14.4. The Labute approximate surface area is 158 Å². The molecule has 2 N–H and O–H groups in total. The van der Waals surface area contributed by atoms with Crippen molar-refractivity contribution in [3.05, 3.63) is 53.3 Å². The molecule has 3 rings (SSSR count). The van der Waals surface area contributed by atoms with Crippen LogP contribution in [0, 0.1) is 5.82 Å². The van der Waals surface area contributed by atoms with Crippen LogP contribution in [-0.2, 0) is 4.79 Å². The van der Waals surface area contributed by atoms with Gasteiger partial charge in [-0.05, 0) is 61.7 Å². The van der Waals surface area contributed by atoms with Crippen molar-refractivity contribution in [3.63, 3.8) is 0 Å². The van der Waals surface area contributed by atoms with Gasteiger partial charge >= 0.3 is 0 Å². The maximum atomic E-state index is 13.1. The zero-order valence-corrected chi connectivity index (χ0v) is 15.4. The molecule has 1 aliphatic rings. The van der Waals surface area contributed by atoms with Gasteiger partial charge in [0, 0.05) is 43.1 Å². The number of benzene rings is 2. The Morgan fingerprint density at radius 2 is 1.73 bits per heavy atom. The number of rotatable bonds is 6. The third kappa shape index (κ3) is 5.11. The fourth-order valence-electron chi connectivity index (χ4n) is 3.06. The van der Waals surface area contributed by atoms with Crippen molar-refractivity contribution in [3.8, 4) is 0 Å². The van der Waals surface area contributed by atoms with Gasteiger partial charge in [0.1, 0.15) is 5.82 Å². The number of hydrogen-bond donors (Lipinski definition) is 2. The number of halogens is 2. The summed E-state index contributed by atoms with van der Waals surface area (Å²) in [6, 6.07) is 12.4. The van der Waals surface area contributed by atoms with Crippen molar-refractivity contribution >= 4 is 34.6 Å². The molecule has 1 fully saturated rings. The molecule has 2 aromatic carbocycles. The van der Waals surface area contributed by atoms with E-state index in [4.69, 9.17) is 11.6 Å². The van der Waals surface area contributed by atoms with Crippen molar-refractivity contribution < 1.29 is 9.18 Å². The van der Waals surface area contributed by atoms with Crippen LogP contribution in [0.15, 0.2) is 42.5 Å². The predicted molar refractivity (Wildman–Crippen MR) is 106 cm³/mol. The highest BCUT2D eigenvalue weighted by molar-refractivity contribution is 6.31. The maximum Gasteiger partial charge on any atom is 0.226 e. The SMILES string of the molecule is O=C(CCNc1ccc(F)c(Cl)c1)Nc1ccc(N2CCCCC2)cc1. The molecule has 0 bridgehead atoms. The number of piperidine rings is 1. The molecule has 0 saturated carbocycles. The summed E-state index contributed by atoms with van der Waals surface area (Å²) in [7, 11) is 0. The van der Waals surface area contributed by atoms with Gasteiger partial charge in [-0.1, -0.05) is 11.6 Å². The zero-order valence-electron chi connectivity index (χ0n) is 14.6. The van der Waals surface area contributed by atoms with Gasteiger partial charge in [-0.3, -0.25) is 4.79 Å². The van der Waals surface area contributed by atoms with E-state index in [-0.39, 0.29) is 10.9 Å². The van der Waals surface area contributed by atoms with Gasteiger partial charge in [-0.15, -0.1) is 0 Å². The molecule has 0 radical (unpaired) electrons. The van der Waals surface area contributed by atoms with Crippen LogP contribution in [0.4, 0.5) is 21.5 Å². The van der Waals surface area contributed by atoms with Gasteiger partial charge in [-0.25, -0.2) is 4.39 Å². The maximum absolute atomic E-state index is 13.1.